The Hall–Kier alpha value is -2.51. The summed E-state index contributed by atoms with van der Waals surface area (Å²) < 4.78 is 38.6. The topological polar surface area (TPSA) is 67.2 Å². The van der Waals surface area contributed by atoms with Gasteiger partial charge in [0.1, 0.15) is 5.82 Å². The number of anilines is 1. The van der Waals surface area contributed by atoms with Gasteiger partial charge in [-0.1, -0.05) is 18.2 Å². The van der Waals surface area contributed by atoms with E-state index in [0.717, 1.165) is 4.68 Å². The summed E-state index contributed by atoms with van der Waals surface area (Å²) in [4.78, 5) is 10.6. The van der Waals surface area contributed by atoms with Crippen molar-refractivity contribution in [3.05, 3.63) is 42.1 Å². The predicted molar refractivity (Wildman–Crippen MR) is 60.2 cm³/mol. The molecule has 0 unspecified atom stereocenters. The van der Waals surface area contributed by atoms with Gasteiger partial charge in [-0.05, 0) is 12.1 Å². The highest BCUT2D eigenvalue weighted by atomic mass is 19.4. The molecule has 0 bridgehead atoms. The second-order valence-corrected chi connectivity index (χ2v) is 3.59. The maximum Gasteiger partial charge on any atom is 0.435 e. The molecule has 0 saturated heterocycles. The van der Waals surface area contributed by atoms with Gasteiger partial charge in [0, 0.05) is 6.07 Å². The average Bonchev–Trinajstić information content (AvgIpc) is 2.73. The van der Waals surface area contributed by atoms with Gasteiger partial charge < -0.3 is 5.11 Å². The fourth-order valence-corrected chi connectivity index (χ4v) is 1.48. The molecule has 19 heavy (non-hydrogen) atoms. The van der Waals surface area contributed by atoms with E-state index in [1.54, 1.807) is 18.2 Å². The molecule has 2 N–H and O–H groups in total. The van der Waals surface area contributed by atoms with Crippen LogP contribution in [0.2, 0.25) is 0 Å². The van der Waals surface area contributed by atoms with Crippen LogP contribution in [-0.2, 0) is 6.18 Å². The van der Waals surface area contributed by atoms with E-state index in [-0.39, 0.29) is 5.82 Å². The first-order valence-corrected chi connectivity index (χ1v) is 5.10. The number of halogens is 3. The lowest BCUT2D eigenvalue weighted by Gasteiger charge is -2.06. The molecule has 0 atom stereocenters. The number of rotatable bonds is 2. The first-order valence-electron chi connectivity index (χ1n) is 5.10. The molecule has 1 heterocycles. The minimum atomic E-state index is -4.64. The van der Waals surface area contributed by atoms with Crippen LogP contribution in [0.4, 0.5) is 23.8 Å². The largest absolute Gasteiger partial charge is 0.465 e. The number of benzene rings is 1. The first-order chi connectivity index (χ1) is 8.88. The van der Waals surface area contributed by atoms with Crippen molar-refractivity contribution in [3.8, 4) is 5.69 Å². The Morgan fingerprint density at radius 1 is 1.26 bits per heavy atom. The molecule has 0 saturated carbocycles. The van der Waals surface area contributed by atoms with Gasteiger partial charge in [-0.3, -0.25) is 5.32 Å². The highest BCUT2D eigenvalue weighted by Crippen LogP contribution is 2.31. The maximum atomic E-state index is 12.6. The Kier molecular flexibility index (Phi) is 3.16. The van der Waals surface area contributed by atoms with Crippen LogP contribution < -0.4 is 5.32 Å². The van der Waals surface area contributed by atoms with Crippen LogP contribution in [0.15, 0.2) is 36.4 Å². The van der Waals surface area contributed by atoms with Crippen molar-refractivity contribution in [1.29, 1.82) is 0 Å². The second-order valence-electron chi connectivity index (χ2n) is 3.59. The maximum absolute atomic E-state index is 12.6. The molecule has 0 aliphatic heterocycles. The summed E-state index contributed by atoms with van der Waals surface area (Å²) in [6.45, 7) is 0. The summed E-state index contributed by atoms with van der Waals surface area (Å²) in [6, 6.07) is 8.56. The third kappa shape index (κ3) is 2.84. The number of carboxylic acid groups (broad SMARTS) is 1. The van der Waals surface area contributed by atoms with Crippen LogP contribution >= 0.6 is 0 Å². The van der Waals surface area contributed by atoms with Crippen molar-refractivity contribution in [1.82, 2.24) is 9.78 Å². The Bertz CT molecular complexity index is 593. The van der Waals surface area contributed by atoms with Gasteiger partial charge in [0.25, 0.3) is 0 Å². The molecule has 0 fully saturated rings. The van der Waals surface area contributed by atoms with Gasteiger partial charge in [-0.2, -0.15) is 18.3 Å². The number of amides is 1. The van der Waals surface area contributed by atoms with Gasteiger partial charge in [0.15, 0.2) is 5.69 Å². The van der Waals surface area contributed by atoms with E-state index in [9.17, 15) is 18.0 Å². The third-order valence-corrected chi connectivity index (χ3v) is 2.24. The molecule has 2 aromatic rings. The van der Waals surface area contributed by atoms with E-state index < -0.39 is 18.0 Å². The molecule has 0 aliphatic carbocycles. The number of hydrogen-bond donors (Lipinski definition) is 2. The summed E-state index contributed by atoms with van der Waals surface area (Å²) in [5, 5.41) is 13.9. The molecule has 2 rings (SSSR count). The zero-order chi connectivity index (χ0) is 14.0. The van der Waals surface area contributed by atoms with Gasteiger partial charge >= 0.3 is 12.3 Å². The van der Waals surface area contributed by atoms with E-state index in [0.29, 0.717) is 11.8 Å². The van der Waals surface area contributed by atoms with Crippen molar-refractivity contribution in [2.45, 2.75) is 6.18 Å². The molecule has 5 nitrogen and oxygen atoms in total. The number of alkyl halides is 3. The van der Waals surface area contributed by atoms with Crippen LogP contribution in [0, 0.1) is 0 Å². The Morgan fingerprint density at radius 3 is 2.42 bits per heavy atom. The highest BCUT2D eigenvalue weighted by Gasteiger charge is 2.35. The van der Waals surface area contributed by atoms with Gasteiger partial charge in [-0.15, -0.1) is 0 Å². The number of aromatic nitrogens is 2. The van der Waals surface area contributed by atoms with E-state index in [2.05, 4.69) is 5.10 Å². The van der Waals surface area contributed by atoms with Crippen LogP contribution in [0.3, 0.4) is 0 Å². The van der Waals surface area contributed by atoms with Crippen LogP contribution in [0.25, 0.3) is 5.69 Å². The lowest BCUT2D eigenvalue weighted by Crippen LogP contribution is -2.12. The number of nitrogens with one attached hydrogen (secondary N) is 1. The third-order valence-electron chi connectivity index (χ3n) is 2.24. The van der Waals surface area contributed by atoms with Crippen LogP contribution in [0.1, 0.15) is 5.69 Å². The zero-order valence-corrected chi connectivity index (χ0v) is 9.35. The molecule has 100 valence electrons. The number of carbonyl (C=O) groups is 1. The van der Waals surface area contributed by atoms with Gasteiger partial charge in [-0.25, -0.2) is 9.48 Å². The number of nitrogens with zero attached hydrogens (tertiary/aromatic N) is 2. The van der Waals surface area contributed by atoms with Crippen molar-refractivity contribution < 1.29 is 23.1 Å². The molecule has 0 radical (unpaired) electrons. The molecular formula is C11H8F3N3O2. The number of para-hydroxylation sites is 1. The zero-order valence-electron chi connectivity index (χ0n) is 9.35. The van der Waals surface area contributed by atoms with Crippen molar-refractivity contribution in [2.24, 2.45) is 0 Å². The predicted octanol–water partition coefficient (Wildman–Crippen LogP) is 2.98. The van der Waals surface area contributed by atoms with E-state index in [4.69, 9.17) is 5.11 Å². The monoisotopic (exact) mass is 271 g/mol. The average molecular weight is 271 g/mol. The lowest BCUT2D eigenvalue weighted by atomic mass is 10.3. The van der Waals surface area contributed by atoms with Crippen LogP contribution in [0.5, 0.6) is 0 Å². The molecule has 1 amide bonds. The normalized spacial score (nSPS) is 11.3. The van der Waals surface area contributed by atoms with Crippen molar-refractivity contribution >= 4 is 11.9 Å². The quantitative estimate of drug-likeness (QED) is 0.882. The lowest BCUT2D eigenvalue weighted by molar-refractivity contribution is -0.141. The molecule has 0 spiro atoms. The Balaban J connectivity index is 2.52. The second kappa shape index (κ2) is 4.63. The molecule has 8 heteroatoms. The van der Waals surface area contributed by atoms with E-state index >= 15 is 0 Å². The summed E-state index contributed by atoms with van der Waals surface area (Å²) in [7, 11) is 0. The smallest absolute Gasteiger partial charge is 0.435 e. The SMILES string of the molecule is O=C(O)Nc1cc(C(F)(F)F)nn1-c1ccccc1. The number of hydrogen-bond acceptors (Lipinski definition) is 2. The van der Waals surface area contributed by atoms with Gasteiger partial charge in [0.05, 0.1) is 5.69 Å². The summed E-state index contributed by atoms with van der Waals surface area (Å²) in [5.74, 6) is -0.272. The summed E-state index contributed by atoms with van der Waals surface area (Å²) in [6.07, 6.45) is -6.11. The minimum Gasteiger partial charge on any atom is -0.465 e. The Morgan fingerprint density at radius 2 is 1.89 bits per heavy atom. The van der Waals surface area contributed by atoms with E-state index in [1.807, 2.05) is 5.32 Å². The minimum absolute atomic E-state index is 0.272. The van der Waals surface area contributed by atoms with Crippen LogP contribution in [-0.4, -0.2) is 21.0 Å². The highest BCUT2D eigenvalue weighted by molar-refractivity contribution is 5.82. The summed E-state index contributed by atoms with van der Waals surface area (Å²) >= 11 is 0. The molecule has 1 aromatic carbocycles. The van der Waals surface area contributed by atoms with Crippen molar-refractivity contribution in [3.63, 3.8) is 0 Å². The van der Waals surface area contributed by atoms with Gasteiger partial charge in [0.2, 0.25) is 0 Å². The van der Waals surface area contributed by atoms with E-state index in [1.165, 1.54) is 12.1 Å². The molecule has 0 aliphatic rings. The standard InChI is InChI=1S/C11H8F3N3O2/c12-11(13,14)8-6-9(15-10(18)19)17(16-8)7-4-2-1-3-5-7/h1-6,15H,(H,18,19). The van der Waals surface area contributed by atoms with Crippen molar-refractivity contribution in [2.75, 3.05) is 5.32 Å². The molecule has 1 aromatic heterocycles. The first kappa shape index (κ1) is 12.9. The summed E-state index contributed by atoms with van der Waals surface area (Å²) in [5.41, 5.74) is -0.846. The molecular weight excluding hydrogens is 263 g/mol. The Labute approximate surface area is 105 Å². The fraction of sp³-hybridized carbons (Fsp3) is 0.0909. The fourth-order valence-electron chi connectivity index (χ4n) is 1.48.